The maximum Gasteiger partial charge on any atom is 0.228 e. The molecule has 0 saturated heterocycles. The highest BCUT2D eigenvalue weighted by Crippen LogP contribution is 2.35. The molecule has 0 atom stereocenters. The second-order valence-electron chi connectivity index (χ2n) is 6.91. The summed E-state index contributed by atoms with van der Waals surface area (Å²) in [5.74, 6) is 0.745. The summed E-state index contributed by atoms with van der Waals surface area (Å²) >= 11 is 0. The Labute approximate surface area is 164 Å². The minimum absolute atomic E-state index is 0.0446. The van der Waals surface area contributed by atoms with Crippen molar-refractivity contribution in [3.05, 3.63) is 42.9 Å². The number of rotatable bonds is 4. The zero-order valence-electron chi connectivity index (χ0n) is 16.0. The van der Waals surface area contributed by atoms with Crippen LogP contribution in [0.4, 0.5) is 17.2 Å². The number of terminal acetylenes is 1. The van der Waals surface area contributed by atoms with Crippen LogP contribution >= 0.6 is 0 Å². The molecule has 0 bridgehead atoms. The van der Waals surface area contributed by atoms with Gasteiger partial charge in [0, 0.05) is 60.9 Å². The topological polar surface area (TPSA) is 84.1 Å². The van der Waals surface area contributed by atoms with Crippen molar-refractivity contribution >= 4 is 33.9 Å². The molecule has 1 fully saturated rings. The van der Waals surface area contributed by atoms with Crippen molar-refractivity contribution in [1.29, 1.82) is 0 Å². The molecule has 1 aliphatic rings. The first-order chi connectivity index (χ1) is 13.5. The number of hydrogen-bond acceptors (Lipinski definition) is 5. The summed E-state index contributed by atoms with van der Waals surface area (Å²) in [6.07, 6.45) is 15.3. The van der Waals surface area contributed by atoms with E-state index in [0.29, 0.717) is 11.5 Å². The van der Waals surface area contributed by atoms with Gasteiger partial charge in [-0.25, -0.2) is 4.98 Å². The van der Waals surface area contributed by atoms with E-state index in [4.69, 9.17) is 5.73 Å². The predicted octanol–water partition coefficient (Wildman–Crippen LogP) is 3.54. The van der Waals surface area contributed by atoms with Crippen molar-refractivity contribution in [2.75, 3.05) is 30.0 Å². The highest BCUT2D eigenvalue weighted by molar-refractivity contribution is 6.00. The number of nitrogens with two attached hydrogens (primary N) is 1. The lowest BCUT2D eigenvalue weighted by Gasteiger charge is -2.18. The molecule has 3 N–H and O–H groups in total. The monoisotopic (exact) mass is 373 g/mol. The summed E-state index contributed by atoms with van der Waals surface area (Å²) in [4.78, 5) is 22.6. The molecule has 1 aromatic carbocycles. The molecule has 28 heavy (non-hydrogen) atoms. The van der Waals surface area contributed by atoms with Crippen LogP contribution in [0.5, 0.6) is 0 Å². The first-order valence-electron chi connectivity index (χ1n) is 8.98. The van der Waals surface area contributed by atoms with Gasteiger partial charge in [0.2, 0.25) is 5.91 Å². The van der Waals surface area contributed by atoms with E-state index in [1.165, 1.54) is 0 Å². The Kier molecular flexibility index (Phi) is 5.46. The van der Waals surface area contributed by atoms with E-state index in [1.807, 2.05) is 43.4 Å². The summed E-state index contributed by atoms with van der Waals surface area (Å²) in [6, 6.07) is 7.85. The minimum Gasteiger partial charge on any atom is -0.398 e. The number of hydrogen-bond donors (Lipinski definition) is 2. The van der Waals surface area contributed by atoms with Gasteiger partial charge in [-0.1, -0.05) is 0 Å². The van der Waals surface area contributed by atoms with Gasteiger partial charge in [0.25, 0.3) is 0 Å². The largest absolute Gasteiger partial charge is 0.398 e. The lowest BCUT2D eigenvalue weighted by atomic mass is 10.0. The number of nitrogen functional groups attached to an aromatic ring is 1. The molecule has 6 heteroatoms. The second kappa shape index (κ2) is 7.97. The Morgan fingerprint density at radius 1 is 1.21 bits per heavy atom. The highest BCUT2D eigenvalue weighted by atomic mass is 16.2. The van der Waals surface area contributed by atoms with Crippen LogP contribution in [0.25, 0.3) is 21.9 Å². The van der Waals surface area contributed by atoms with Gasteiger partial charge in [-0.3, -0.25) is 9.78 Å². The Hall–Kier alpha value is -3.59. The van der Waals surface area contributed by atoms with E-state index in [1.54, 1.807) is 12.4 Å². The van der Waals surface area contributed by atoms with Crippen molar-refractivity contribution in [2.45, 2.75) is 12.8 Å². The fourth-order valence-corrected chi connectivity index (χ4v) is 3.08. The number of pyridine rings is 2. The molecule has 2 heterocycles. The molecule has 1 saturated carbocycles. The molecule has 0 spiro atoms. The molecular formula is C22H23N5O. The van der Waals surface area contributed by atoms with E-state index in [2.05, 4.69) is 34.2 Å². The number of fused-ring (bicyclic) bond motifs is 1. The first-order valence-corrected chi connectivity index (χ1v) is 8.98. The number of nitrogens with zero attached hydrogens (tertiary/aromatic N) is 3. The van der Waals surface area contributed by atoms with Crippen molar-refractivity contribution in [3.8, 4) is 24.0 Å². The van der Waals surface area contributed by atoms with E-state index < -0.39 is 0 Å². The zero-order chi connectivity index (χ0) is 20.3. The Morgan fingerprint density at radius 2 is 1.96 bits per heavy atom. The molecule has 0 radical (unpaired) electrons. The van der Waals surface area contributed by atoms with E-state index in [-0.39, 0.29) is 11.8 Å². The number of carbonyl (C=O) groups excluding carboxylic acids is 1. The number of aromatic nitrogens is 2. The summed E-state index contributed by atoms with van der Waals surface area (Å²) < 4.78 is 0. The van der Waals surface area contributed by atoms with Gasteiger partial charge >= 0.3 is 0 Å². The molecule has 1 amide bonds. The average Bonchev–Trinajstić information content (AvgIpc) is 3.54. The van der Waals surface area contributed by atoms with Gasteiger partial charge in [-0.15, -0.1) is 12.8 Å². The summed E-state index contributed by atoms with van der Waals surface area (Å²) in [5.41, 5.74) is 9.97. The van der Waals surface area contributed by atoms with Crippen molar-refractivity contribution in [3.63, 3.8) is 0 Å². The summed E-state index contributed by atoms with van der Waals surface area (Å²) in [7, 11) is 4.00. The lowest BCUT2D eigenvalue weighted by Crippen LogP contribution is -2.14. The maximum absolute atomic E-state index is 12.0. The molecule has 3 aromatic rings. The highest BCUT2D eigenvalue weighted by Gasteiger charge is 2.29. The second-order valence-corrected chi connectivity index (χ2v) is 6.91. The number of benzene rings is 1. The first kappa shape index (κ1) is 19.2. The van der Waals surface area contributed by atoms with E-state index in [0.717, 1.165) is 40.4 Å². The minimum atomic E-state index is 0.0446. The van der Waals surface area contributed by atoms with Crippen molar-refractivity contribution in [2.24, 2.45) is 5.92 Å². The third kappa shape index (κ3) is 3.89. The van der Waals surface area contributed by atoms with Gasteiger partial charge < -0.3 is 16.0 Å². The molecule has 1 aliphatic carbocycles. The third-order valence-corrected chi connectivity index (χ3v) is 4.66. The van der Waals surface area contributed by atoms with Gasteiger partial charge in [-0.2, -0.15) is 0 Å². The normalized spacial score (nSPS) is 12.7. The van der Waals surface area contributed by atoms with E-state index in [9.17, 15) is 4.79 Å². The van der Waals surface area contributed by atoms with Gasteiger partial charge in [0.1, 0.15) is 5.82 Å². The molecule has 0 unspecified atom stereocenters. The predicted molar refractivity (Wildman–Crippen MR) is 115 cm³/mol. The SMILES string of the molecule is C#C.CN(C)c1ccncc1-c1cc(N)c2cnc(NC(=O)C3CC3)cc2c1. The summed E-state index contributed by atoms with van der Waals surface area (Å²) in [6.45, 7) is 0. The molecule has 6 nitrogen and oxygen atoms in total. The lowest BCUT2D eigenvalue weighted by molar-refractivity contribution is -0.117. The van der Waals surface area contributed by atoms with Crippen LogP contribution in [0.15, 0.2) is 42.9 Å². The maximum atomic E-state index is 12.0. The summed E-state index contributed by atoms with van der Waals surface area (Å²) in [5, 5.41) is 4.70. The molecular weight excluding hydrogens is 350 g/mol. The smallest absolute Gasteiger partial charge is 0.228 e. The Morgan fingerprint density at radius 3 is 2.64 bits per heavy atom. The van der Waals surface area contributed by atoms with Crippen molar-refractivity contribution in [1.82, 2.24) is 9.97 Å². The van der Waals surface area contributed by atoms with Crippen LogP contribution in [-0.4, -0.2) is 30.0 Å². The van der Waals surface area contributed by atoms with Crippen LogP contribution < -0.4 is 16.0 Å². The van der Waals surface area contributed by atoms with Crippen LogP contribution in [0.2, 0.25) is 0 Å². The molecule has 142 valence electrons. The van der Waals surface area contributed by atoms with Crippen molar-refractivity contribution < 1.29 is 4.79 Å². The fourth-order valence-electron chi connectivity index (χ4n) is 3.08. The molecule has 2 aromatic heterocycles. The Bertz CT molecular complexity index is 1040. The fraction of sp³-hybridized carbons (Fsp3) is 0.227. The number of nitrogens with one attached hydrogen (secondary N) is 1. The van der Waals surface area contributed by atoms with Gasteiger partial charge in [-0.05, 0) is 48.1 Å². The average molecular weight is 373 g/mol. The van der Waals surface area contributed by atoms with Crippen LogP contribution in [0, 0.1) is 18.8 Å². The molecule has 4 rings (SSSR count). The van der Waals surface area contributed by atoms with E-state index >= 15 is 0 Å². The number of amides is 1. The number of carbonyl (C=O) groups is 1. The van der Waals surface area contributed by atoms with Crippen LogP contribution in [0.1, 0.15) is 12.8 Å². The van der Waals surface area contributed by atoms with Crippen LogP contribution in [-0.2, 0) is 4.79 Å². The number of anilines is 3. The zero-order valence-corrected chi connectivity index (χ0v) is 16.0. The third-order valence-electron chi connectivity index (χ3n) is 4.66. The van der Waals surface area contributed by atoms with Crippen LogP contribution in [0.3, 0.4) is 0 Å². The Balaban J connectivity index is 0.00000109. The van der Waals surface area contributed by atoms with Gasteiger partial charge in [0.05, 0.1) is 0 Å². The molecule has 0 aliphatic heterocycles. The standard InChI is InChI=1S/C20H21N5O.C2H2/c1-25(2)18-5-6-22-10-16(18)13-7-14-9-19(24-20(26)12-3-4-12)23-11-15(14)17(21)8-13;1-2/h5-12H,3-4,21H2,1-2H3,(H,23,24,26);1-2H. The quantitative estimate of drug-likeness (QED) is 0.540. The van der Waals surface area contributed by atoms with Gasteiger partial charge in [0.15, 0.2) is 0 Å².